The minimum Gasteiger partial charge on any atom is -0.487 e. The van der Waals surface area contributed by atoms with E-state index in [1.165, 1.54) is 6.20 Å². The van der Waals surface area contributed by atoms with E-state index in [9.17, 15) is 4.79 Å². The molecule has 98 valence electrons. The van der Waals surface area contributed by atoms with Gasteiger partial charge in [0.1, 0.15) is 12.4 Å². The molecular formula is C15H15NO3. The van der Waals surface area contributed by atoms with E-state index in [2.05, 4.69) is 4.98 Å². The summed E-state index contributed by atoms with van der Waals surface area (Å²) in [6.07, 6.45) is 3.04. The van der Waals surface area contributed by atoms with Crippen molar-refractivity contribution in [3.8, 4) is 5.75 Å². The zero-order valence-corrected chi connectivity index (χ0v) is 10.7. The Balaban J connectivity index is 2.01. The molecule has 19 heavy (non-hydrogen) atoms. The van der Waals surface area contributed by atoms with Crippen LogP contribution < -0.4 is 4.74 Å². The van der Waals surface area contributed by atoms with Crippen LogP contribution in [0.1, 0.15) is 22.8 Å². The van der Waals surface area contributed by atoms with E-state index in [-0.39, 0.29) is 5.97 Å². The van der Waals surface area contributed by atoms with E-state index >= 15 is 0 Å². The Kier molecular flexibility index (Phi) is 4.50. The number of carbonyl (C=O) groups is 1. The highest BCUT2D eigenvalue weighted by Gasteiger charge is 2.08. The van der Waals surface area contributed by atoms with Gasteiger partial charge in [-0.1, -0.05) is 30.3 Å². The van der Waals surface area contributed by atoms with Crippen LogP contribution in [0.3, 0.4) is 0 Å². The summed E-state index contributed by atoms with van der Waals surface area (Å²) >= 11 is 0. The first-order valence-corrected chi connectivity index (χ1v) is 6.08. The number of hydrogen-bond acceptors (Lipinski definition) is 4. The molecule has 0 aliphatic heterocycles. The Morgan fingerprint density at radius 1 is 1.21 bits per heavy atom. The van der Waals surface area contributed by atoms with Crippen LogP contribution in [0.2, 0.25) is 0 Å². The van der Waals surface area contributed by atoms with Gasteiger partial charge < -0.3 is 9.47 Å². The third-order valence-electron chi connectivity index (χ3n) is 2.47. The summed E-state index contributed by atoms with van der Waals surface area (Å²) in [6.45, 7) is 2.55. The first-order chi connectivity index (χ1) is 9.29. The summed E-state index contributed by atoms with van der Waals surface area (Å²) in [7, 11) is 0. The third-order valence-corrected chi connectivity index (χ3v) is 2.47. The van der Waals surface area contributed by atoms with Gasteiger partial charge in [-0.25, -0.2) is 4.79 Å². The quantitative estimate of drug-likeness (QED) is 0.773. The molecule has 0 saturated heterocycles. The maximum Gasteiger partial charge on any atom is 0.339 e. The highest BCUT2D eigenvalue weighted by Crippen LogP contribution is 2.14. The molecule has 0 unspecified atom stereocenters. The molecule has 0 N–H and O–H groups in total. The fourth-order valence-electron chi connectivity index (χ4n) is 1.56. The summed E-state index contributed by atoms with van der Waals surface area (Å²) < 4.78 is 10.5. The fraction of sp³-hybridized carbons (Fsp3) is 0.200. The van der Waals surface area contributed by atoms with Crippen molar-refractivity contribution in [3.05, 3.63) is 59.9 Å². The van der Waals surface area contributed by atoms with Gasteiger partial charge in [-0.3, -0.25) is 4.98 Å². The molecular weight excluding hydrogens is 242 g/mol. The van der Waals surface area contributed by atoms with Crippen LogP contribution in [0.15, 0.2) is 48.8 Å². The molecule has 4 heteroatoms. The average Bonchev–Trinajstić information content (AvgIpc) is 2.47. The van der Waals surface area contributed by atoms with Crippen LogP contribution in [-0.2, 0) is 11.3 Å². The summed E-state index contributed by atoms with van der Waals surface area (Å²) in [4.78, 5) is 15.5. The van der Waals surface area contributed by atoms with Crippen molar-refractivity contribution in [2.75, 3.05) is 6.61 Å². The van der Waals surface area contributed by atoms with Crippen molar-refractivity contribution in [2.45, 2.75) is 13.5 Å². The van der Waals surface area contributed by atoms with Gasteiger partial charge in [0.25, 0.3) is 0 Å². The van der Waals surface area contributed by atoms with Gasteiger partial charge in [0, 0.05) is 6.20 Å². The lowest BCUT2D eigenvalue weighted by Crippen LogP contribution is -2.05. The molecule has 1 heterocycles. The fourth-order valence-corrected chi connectivity index (χ4v) is 1.56. The van der Waals surface area contributed by atoms with Crippen LogP contribution >= 0.6 is 0 Å². The van der Waals surface area contributed by atoms with E-state index < -0.39 is 0 Å². The summed E-state index contributed by atoms with van der Waals surface area (Å²) in [5.41, 5.74) is 1.46. The topological polar surface area (TPSA) is 48.4 Å². The molecule has 0 spiro atoms. The van der Waals surface area contributed by atoms with Crippen molar-refractivity contribution in [1.82, 2.24) is 4.98 Å². The smallest absolute Gasteiger partial charge is 0.339 e. The maximum absolute atomic E-state index is 11.6. The van der Waals surface area contributed by atoms with E-state index in [0.29, 0.717) is 24.5 Å². The number of benzene rings is 1. The number of hydrogen-bond donors (Lipinski definition) is 0. The Hall–Kier alpha value is -2.36. The lowest BCUT2D eigenvalue weighted by atomic mass is 10.2. The van der Waals surface area contributed by atoms with E-state index in [4.69, 9.17) is 9.47 Å². The summed E-state index contributed by atoms with van der Waals surface area (Å²) in [6, 6.07) is 11.4. The van der Waals surface area contributed by atoms with Crippen LogP contribution in [-0.4, -0.2) is 17.6 Å². The van der Waals surface area contributed by atoms with Gasteiger partial charge in [-0.15, -0.1) is 0 Å². The molecule has 0 bridgehead atoms. The number of rotatable bonds is 5. The predicted molar refractivity (Wildman–Crippen MR) is 71.0 cm³/mol. The van der Waals surface area contributed by atoms with Gasteiger partial charge in [0.15, 0.2) is 0 Å². The zero-order chi connectivity index (χ0) is 13.5. The second kappa shape index (κ2) is 6.54. The molecule has 0 saturated carbocycles. The molecule has 1 aromatic heterocycles. The largest absolute Gasteiger partial charge is 0.487 e. The van der Waals surface area contributed by atoms with Crippen LogP contribution in [0, 0.1) is 0 Å². The monoisotopic (exact) mass is 257 g/mol. The van der Waals surface area contributed by atoms with Crippen LogP contribution in [0.25, 0.3) is 0 Å². The number of ether oxygens (including phenoxy) is 2. The van der Waals surface area contributed by atoms with Gasteiger partial charge in [-0.05, 0) is 18.6 Å². The SMILES string of the molecule is CCOC(=O)c1cncc(OCc2ccccc2)c1. The minimum atomic E-state index is -0.389. The normalized spacial score (nSPS) is 9.95. The number of pyridine rings is 1. The Labute approximate surface area is 112 Å². The summed E-state index contributed by atoms with van der Waals surface area (Å²) in [5.74, 6) is 0.162. The standard InChI is InChI=1S/C15H15NO3/c1-2-18-15(17)13-8-14(10-16-9-13)19-11-12-6-4-3-5-7-12/h3-10H,2,11H2,1H3. The predicted octanol–water partition coefficient (Wildman–Crippen LogP) is 2.84. The second-order valence-electron chi connectivity index (χ2n) is 3.90. The van der Waals surface area contributed by atoms with Crippen molar-refractivity contribution < 1.29 is 14.3 Å². The minimum absolute atomic E-state index is 0.341. The van der Waals surface area contributed by atoms with E-state index in [1.54, 1.807) is 19.2 Å². The lowest BCUT2D eigenvalue weighted by molar-refractivity contribution is 0.0525. The van der Waals surface area contributed by atoms with Gasteiger partial charge in [-0.2, -0.15) is 0 Å². The molecule has 0 atom stereocenters. The zero-order valence-electron chi connectivity index (χ0n) is 10.7. The number of esters is 1. The average molecular weight is 257 g/mol. The third kappa shape index (κ3) is 3.81. The van der Waals surface area contributed by atoms with Gasteiger partial charge in [0.2, 0.25) is 0 Å². The van der Waals surface area contributed by atoms with Crippen molar-refractivity contribution in [3.63, 3.8) is 0 Å². The highest BCUT2D eigenvalue weighted by molar-refractivity contribution is 5.89. The molecule has 0 amide bonds. The molecule has 0 aliphatic rings. The molecule has 0 aliphatic carbocycles. The number of aromatic nitrogens is 1. The second-order valence-corrected chi connectivity index (χ2v) is 3.90. The Bertz CT molecular complexity index is 540. The van der Waals surface area contributed by atoms with Gasteiger partial charge in [0.05, 0.1) is 18.4 Å². The summed E-state index contributed by atoms with van der Waals surface area (Å²) in [5, 5.41) is 0. The van der Waals surface area contributed by atoms with Crippen molar-refractivity contribution in [1.29, 1.82) is 0 Å². The maximum atomic E-state index is 11.6. The van der Waals surface area contributed by atoms with Crippen LogP contribution in [0.4, 0.5) is 0 Å². The molecule has 2 rings (SSSR count). The molecule has 2 aromatic rings. The van der Waals surface area contributed by atoms with Gasteiger partial charge >= 0.3 is 5.97 Å². The Morgan fingerprint density at radius 2 is 2.00 bits per heavy atom. The first kappa shape index (κ1) is 13.1. The van der Waals surface area contributed by atoms with E-state index in [1.807, 2.05) is 30.3 Å². The van der Waals surface area contributed by atoms with E-state index in [0.717, 1.165) is 5.56 Å². The van der Waals surface area contributed by atoms with Crippen molar-refractivity contribution >= 4 is 5.97 Å². The molecule has 1 aromatic carbocycles. The number of carbonyl (C=O) groups excluding carboxylic acids is 1. The molecule has 0 fully saturated rings. The Morgan fingerprint density at radius 3 is 2.74 bits per heavy atom. The first-order valence-electron chi connectivity index (χ1n) is 6.08. The lowest BCUT2D eigenvalue weighted by Gasteiger charge is -2.07. The van der Waals surface area contributed by atoms with Crippen LogP contribution in [0.5, 0.6) is 5.75 Å². The number of nitrogens with zero attached hydrogens (tertiary/aromatic N) is 1. The van der Waals surface area contributed by atoms with Crippen molar-refractivity contribution in [2.24, 2.45) is 0 Å². The highest BCUT2D eigenvalue weighted by atomic mass is 16.5. The molecule has 4 nitrogen and oxygen atoms in total. The molecule has 0 radical (unpaired) electrons.